The van der Waals surface area contributed by atoms with E-state index in [-0.39, 0.29) is 11.5 Å². The topological polar surface area (TPSA) is 67.6 Å². The summed E-state index contributed by atoms with van der Waals surface area (Å²) in [5, 5.41) is 5.52. The minimum Gasteiger partial charge on any atom is -0.303 e. The van der Waals surface area contributed by atoms with Gasteiger partial charge in [0.05, 0.1) is 17.8 Å². The molecule has 3 aromatic carbocycles. The summed E-state index contributed by atoms with van der Waals surface area (Å²) in [7, 11) is 0. The zero-order chi connectivity index (χ0) is 23.4. The predicted molar refractivity (Wildman–Crippen MR) is 134 cm³/mol. The first-order chi connectivity index (χ1) is 16.5. The van der Waals surface area contributed by atoms with Crippen LogP contribution in [0.3, 0.4) is 0 Å². The van der Waals surface area contributed by atoms with Gasteiger partial charge in [0.15, 0.2) is 5.82 Å². The fraction of sp³-hybridized carbons (Fsp3) is 0.0400. The second-order valence-electron chi connectivity index (χ2n) is 7.75. The minimum atomic E-state index is -0.376. The Labute approximate surface area is 207 Å². The van der Waals surface area contributed by atoms with Crippen molar-refractivity contribution in [1.82, 2.24) is 14.6 Å². The molecule has 6 nitrogen and oxygen atoms in total. The van der Waals surface area contributed by atoms with E-state index < -0.39 is 0 Å². The molecule has 2 aromatic heterocycles. The lowest BCUT2D eigenvalue weighted by atomic mass is 10.1. The number of halogens is 2. The third-order valence-corrected chi connectivity index (χ3v) is 7.31. The molecule has 0 fully saturated rings. The van der Waals surface area contributed by atoms with E-state index in [1.165, 1.54) is 4.52 Å². The van der Waals surface area contributed by atoms with Gasteiger partial charge in [-0.1, -0.05) is 83.1 Å². The number of hydrogen-bond acceptors (Lipinski definition) is 5. The standard InChI is InChI=1S/C25H14Cl2N4O2S/c26-16-8-5-7-14(12-16)22-28-25-31(29-22)24(33)21(34-25)20-17-9-2-4-11-19(17)30(23(20)32)13-15-6-1-3-10-18(15)27/h1-12H,13H2/b21-20-. The van der Waals surface area contributed by atoms with Crippen LogP contribution in [0.1, 0.15) is 11.1 Å². The normalized spacial score (nSPS) is 14.8. The molecule has 0 spiro atoms. The van der Waals surface area contributed by atoms with Gasteiger partial charge in [-0.05, 0) is 29.8 Å². The number of benzene rings is 3. The molecule has 1 aliphatic heterocycles. The van der Waals surface area contributed by atoms with Crippen molar-refractivity contribution in [2.24, 2.45) is 0 Å². The van der Waals surface area contributed by atoms with Gasteiger partial charge in [0.2, 0.25) is 4.96 Å². The number of thiazole rings is 1. The van der Waals surface area contributed by atoms with Crippen LogP contribution in [0, 0.1) is 0 Å². The molecule has 0 aliphatic carbocycles. The van der Waals surface area contributed by atoms with Crippen molar-refractivity contribution >= 4 is 56.7 Å². The summed E-state index contributed by atoms with van der Waals surface area (Å²) in [6, 6.07) is 22.0. The average Bonchev–Trinajstić information content (AvgIpc) is 3.47. The maximum atomic E-state index is 13.6. The molecule has 166 valence electrons. The fourth-order valence-corrected chi connectivity index (χ4v) is 5.47. The fourth-order valence-electron chi connectivity index (χ4n) is 4.09. The number of para-hydroxylation sites is 1. The Hall–Kier alpha value is -3.52. The molecule has 5 aromatic rings. The smallest absolute Gasteiger partial charge is 0.291 e. The maximum Gasteiger partial charge on any atom is 0.291 e. The molecule has 0 saturated carbocycles. The minimum absolute atomic E-state index is 0.252. The second-order valence-corrected chi connectivity index (χ2v) is 9.57. The van der Waals surface area contributed by atoms with Crippen LogP contribution in [0.15, 0.2) is 77.6 Å². The van der Waals surface area contributed by atoms with Crippen LogP contribution >= 0.6 is 34.5 Å². The van der Waals surface area contributed by atoms with Gasteiger partial charge in [-0.3, -0.25) is 9.59 Å². The summed E-state index contributed by atoms with van der Waals surface area (Å²) in [6.07, 6.45) is 0. The summed E-state index contributed by atoms with van der Waals surface area (Å²) in [4.78, 5) is 33.5. The molecule has 0 N–H and O–H groups in total. The van der Waals surface area contributed by atoms with E-state index >= 15 is 0 Å². The molecule has 0 saturated heterocycles. The highest BCUT2D eigenvalue weighted by Crippen LogP contribution is 2.37. The zero-order valence-corrected chi connectivity index (χ0v) is 19.7. The lowest BCUT2D eigenvalue weighted by Crippen LogP contribution is -2.32. The molecule has 34 heavy (non-hydrogen) atoms. The summed E-state index contributed by atoms with van der Waals surface area (Å²) in [5.41, 5.74) is 2.96. The van der Waals surface area contributed by atoms with Gasteiger partial charge in [-0.15, -0.1) is 5.10 Å². The number of hydrogen-bond donors (Lipinski definition) is 0. The predicted octanol–water partition coefficient (Wildman–Crippen LogP) is 4.59. The monoisotopic (exact) mass is 504 g/mol. The van der Waals surface area contributed by atoms with Gasteiger partial charge >= 0.3 is 0 Å². The third kappa shape index (κ3) is 3.32. The molecule has 0 unspecified atom stereocenters. The Morgan fingerprint density at radius 2 is 1.71 bits per heavy atom. The molecular formula is C25H14Cl2N4O2S. The Balaban J connectivity index is 1.50. The maximum absolute atomic E-state index is 13.6. The Morgan fingerprint density at radius 1 is 0.912 bits per heavy atom. The highest BCUT2D eigenvalue weighted by atomic mass is 35.5. The van der Waals surface area contributed by atoms with Crippen LogP contribution in [0.4, 0.5) is 5.69 Å². The Bertz CT molecular complexity index is 1730. The number of nitrogens with zero attached hydrogens (tertiary/aromatic N) is 4. The molecule has 3 heterocycles. The highest BCUT2D eigenvalue weighted by Gasteiger charge is 2.34. The van der Waals surface area contributed by atoms with E-state index in [1.54, 1.807) is 29.2 Å². The first kappa shape index (κ1) is 21.0. The van der Waals surface area contributed by atoms with Crippen LogP contribution in [0.5, 0.6) is 0 Å². The molecule has 1 aliphatic rings. The number of carbonyl (C=O) groups is 1. The van der Waals surface area contributed by atoms with Crippen molar-refractivity contribution in [3.05, 3.63) is 109 Å². The summed E-state index contributed by atoms with van der Waals surface area (Å²) in [5.74, 6) is 0.152. The first-order valence-corrected chi connectivity index (χ1v) is 11.9. The number of carbonyl (C=O) groups excluding carboxylic acids is 1. The van der Waals surface area contributed by atoms with Gasteiger partial charge in [0, 0.05) is 21.2 Å². The van der Waals surface area contributed by atoms with Crippen molar-refractivity contribution < 1.29 is 4.79 Å². The Morgan fingerprint density at radius 3 is 2.50 bits per heavy atom. The molecular weight excluding hydrogens is 491 g/mol. The van der Waals surface area contributed by atoms with Crippen LogP contribution < -0.4 is 15.0 Å². The van der Waals surface area contributed by atoms with Crippen molar-refractivity contribution in [2.45, 2.75) is 6.54 Å². The highest BCUT2D eigenvalue weighted by molar-refractivity contribution is 7.15. The summed E-state index contributed by atoms with van der Waals surface area (Å²) >= 11 is 13.6. The number of anilines is 1. The Kier molecular flexibility index (Phi) is 4.99. The quantitative estimate of drug-likeness (QED) is 0.360. The molecule has 6 rings (SSSR count). The van der Waals surface area contributed by atoms with E-state index in [0.29, 0.717) is 48.6 Å². The molecule has 1 amide bonds. The summed E-state index contributed by atoms with van der Waals surface area (Å²) in [6.45, 7) is 0.298. The van der Waals surface area contributed by atoms with Gasteiger partial charge in [-0.2, -0.15) is 9.50 Å². The van der Waals surface area contributed by atoms with Gasteiger partial charge in [0.25, 0.3) is 11.5 Å². The van der Waals surface area contributed by atoms with E-state index in [2.05, 4.69) is 10.1 Å². The van der Waals surface area contributed by atoms with Crippen molar-refractivity contribution in [3.63, 3.8) is 0 Å². The van der Waals surface area contributed by atoms with Crippen molar-refractivity contribution in [3.8, 4) is 11.4 Å². The molecule has 0 radical (unpaired) electrons. The van der Waals surface area contributed by atoms with E-state index in [4.69, 9.17) is 23.2 Å². The number of fused-ring (bicyclic) bond motifs is 2. The lowest BCUT2D eigenvalue weighted by molar-refractivity contribution is -0.113. The number of rotatable bonds is 3. The van der Waals surface area contributed by atoms with Crippen molar-refractivity contribution in [2.75, 3.05) is 4.90 Å². The number of aromatic nitrogens is 3. The lowest BCUT2D eigenvalue weighted by Gasteiger charge is -2.17. The van der Waals surface area contributed by atoms with E-state index in [9.17, 15) is 9.59 Å². The van der Waals surface area contributed by atoms with E-state index in [1.807, 2.05) is 48.5 Å². The molecule has 0 bridgehead atoms. The van der Waals surface area contributed by atoms with Gasteiger partial charge < -0.3 is 4.90 Å². The number of amides is 1. The first-order valence-electron chi connectivity index (χ1n) is 10.4. The van der Waals surface area contributed by atoms with E-state index in [0.717, 1.165) is 22.6 Å². The largest absolute Gasteiger partial charge is 0.303 e. The summed E-state index contributed by atoms with van der Waals surface area (Å²) < 4.78 is 1.56. The zero-order valence-electron chi connectivity index (χ0n) is 17.4. The molecule has 0 atom stereocenters. The van der Waals surface area contributed by atoms with Gasteiger partial charge in [-0.25, -0.2) is 0 Å². The van der Waals surface area contributed by atoms with Gasteiger partial charge in [0.1, 0.15) is 4.53 Å². The molecule has 9 heteroatoms. The van der Waals surface area contributed by atoms with Crippen LogP contribution in [-0.2, 0) is 11.3 Å². The van der Waals surface area contributed by atoms with Crippen LogP contribution in [0.25, 0.3) is 21.9 Å². The second kappa shape index (κ2) is 8.06. The average molecular weight is 505 g/mol. The van der Waals surface area contributed by atoms with Crippen LogP contribution in [0.2, 0.25) is 10.0 Å². The van der Waals surface area contributed by atoms with Crippen LogP contribution in [-0.4, -0.2) is 20.5 Å². The third-order valence-electron chi connectivity index (χ3n) is 5.68. The SMILES string of the molecule is O=C1/C(=c2\sc3nc(-c4cccc(Cl)c4)nn3c2=O)c2ccccc2N1Cc1ccccc1Cl. The van der Waals surface area contributed by atoms with Crippen molar-refractivity contribution in [1.29, 1.82) is 0 Å².